The molecule has 0 radical (unpaired) electrons. The molecule has 2 rings (SSSR count). The lowest BCUT2D eigenvalue weighted by molar-refractivity contribution is 0.158. The van der Waals surface area contributed by atoms with Crippen LogP contribution in [0.1, 0.15) is 55.7 Å². The second kappa shape index (κ2) is 5.85. The summed E-state index contributed by atoms with van der Waals surface area (Å²) in [6.07, 6.45) is 3.51. The summed E-state index contributed by atoms with van der Waals surface area (Å²) < 4.78 is 14.5. The van der Waals surface area contributed by atoms with Gasteiger partial charge < -0.3 is 5.32 Å². The summed E-state index contributed by atoms with van der Waals surface area (Å²) in [7, 11) is 2.00. The molecule has 0 heterocycles. The average molecular weight is 277 g/mol. The van der Waals surface area contributed by atoms with E-state index in [0.29, 0.717) is 17.3 Å². The van der Waals surface area contributed by atoms with Crippen LogP contribution in [0.3, 0.4) is 0 Å². The minimum absolute atomic E-state index is 0.00805. The summed E-state index contributed by atoms with van der Waals surface area (Å²) in [5, 5.41) is 3.29. The SMILES string of the molecule is CNCC1CCC(C)(C)CC1c1c(C)cc(C)cc1F. The standard InChI is InChI=1S/C18H28FN/c1-12-8-13(2)17(16(19)9-12)15-10-18(3,4)7-6-14(15)11-20-5/h8-9,14-15,20H,6-7,10-11H2,1-5H3. The molecule has 1 fully saturated rings. The fraction of sp³-hybridized carbons (Fsp3) is 0.667. The number of aryl methyl sites for hydroxylation is 2. The molecule has 1 aromatic carbocycles. The van der Waals surface area contributed by atoms with Gasteiger partial charge >= 0.3 is 0 Å². The van der Waals surface area contributed by atoms with Gasteiger partial charge in [-0.15, -0.1) is 0 Å². The Morgan fingerprint density at radius 2 is 2.00 bits per heavy atom. The van der Waals surface area contributed by atoms with E-state index in [1.54, 1.807) is 6.07 Å². The van der Waals surface area contributed by atoms with Crippen LogP contribution in [-0.2, 0) is 0 Å². The number of nitrogens with one attached hydrogen (secondary N) is 1. The van der Waals surface area contributed by atoms with Gasteiger partial charge in [-0.2, -0.15) is 0 Å². The highest BCUT2D eigenvalue weighted by atomic mass is 19.1. The van der Waals surface area contributed by atoms with Crippen molar-refractivity contribution in [2.75, 3.05) is 13.6 Å². The van der Waals surface area contributed by atoms with Gasteiger partial charge in [0.05, 0.1) is 0 Å². The summed E-state index contributed by atoms with van der Waals surface area (Å²) in [4.78, 5) is 0. The maximum absolute atomic E-state index is 14.5. The Hall–Kier alpha value is -0.890. The summed E-state index contributed by atoms with van der Waals surface area (Å²) >= 11 is 0. The smallest absolute Gasteiger partial charge is 0.127 e. The van der Waals surface area contributed by atoms with Gasteiger partial charge in [0.15, 0.2) is 0 Å². The van der Waals surface area contributed by atoms with Gasteiger partial charge in [-0.05, 0) is 86.7 Å². The maximum Gasteiger partial charge on any atom is 0.127 e. The van der Waals surface area contributed by atoms with E-state index in [1.807, 2.05) is 14.0 Å². The average Bonchev–Trinajstić information content (AvgIpc) is 2.31. The monoisotopic (exact) mass is 277 g/mol. The van der Waals surface area contributed by atoms with Crippen molar-refractivity contribution in [3.63, 3.8) is 0 Å². The van der Waals surface area contributed by atoms with E-state index in [9.17, 15) is 4.39 Å². The molecule has 2 heteroatoms. The third-order valence-corrected chi connectivity index (χ3v) is 4.85. The Bertz CT molecular complexity index is 455. The predicted octanol–water partition coefficient (Wildman–Crippen LogP) is 4.57. The normalized spacial score (nSPS) is 25.7. The lowest BCUT2D eigenvalue weighted by Gasteiger charge is -2.41. The third kappa shape index (κ3) is 3.22. The molecule has 0 bridgehead atoms. The largest absolute Gasteiger partial charge is 0.319 e. The van der Waals surface area contributed by atoms with Crippen LogP contribution in [0.4, 0.5) is 4.39 Å². The fourth-order valence-electron chi connectivity index (χ4n) is 3.88. The zero-order chi connectivity index (χ0) is 14.9. The molecule has 1 aliphatic carbocycles. The second-order valence-corrected chi connectivity index (χ2v) is 7.31. The van der Waals surface area contributed by atoms with Crippen molar-refractivity contribution in [1.29, 1.82) is 0 Å². The van der Waals surface area contributed by atoms with Crippen molar-refractivity contribution in [3.8, 4) is 0 Å². The summed E-state index contributed by atoms with van der Waals surface area (Å²) in [6, 6.07) is 3.82. The van der Waals surface area contributed by atoms with E-state index >= 15 is 0 Å². The minimum atomic E-state index is -0.00805. The van der Waals surface area contributed by atoms with Gasteiger partial charge in [0.1, 0.15) is 5.82 Å². The van der Waals surface area contributed by atoms with Gasteiger partial charge in [-0.1, -0.05) is 19.9 Å². The molecule has 0 amide bonds. The van der Waals surface area contributed by atoms with Gasteiger partial charge in [0, 0.05) is 0 Å². The second-order valence-electron chi connectivity index (χ2n) is 7.31. The molecule has 2 atom stereocenters. The van der Waals surface area contributed by atoms with E-state index in [0.717, 1.165) is 29.7 Å². The van der Waals surface area contributed by atoms with Crippen molar-refractivity contribution >= 4 is 0 Å². The molecule has 0 saturated heterocycles. The molecule has 112 valence electrons. The first-order chi connectivity index (χ1) is 9.34. The summed E-state index contributed by atoms with van der Waals surface area (Å²) in [5.74, 6) is 0.877. The molecule has 20 heavy (non-hydrogen) atoms. The molecule has 1 nitrogen and oxygen atoms in total. The van der Waals surface area contributed by atoms with E-state index in [2.05, 4.69) is 32.2 Å². The first kappa shape index (κ1) is 15.5. The number of hydrogen-bond donors (Lipinski definition) is 1. The fourth-order valence-corrected chi connectivity index (χ4v) is 3.88. The van der Waals surface area contributed by atoms with Gasteiger partial charge in [-0.25, -0.2) is 4.39 Å². The molecule has 1 aliphatic rings. The van der Waals surface area contributed by atoms with E-state index in [1.165, 1.54) is 12.8 Å². The number of rotatable bonds is 3. The third-order valence-electron chi connectivity index (χ3n) is 4.85. The van der Waals surface area contributed by atoms with Crippen LogP contribution < -0.4 is 5.32 Å². The first-order valence-corrected chi connectivity index (χ1v) is 7.75. The molecule has 2 unspecified atom stereocenters. The molecular formula is C18H28FN. The van der Waals surface area contributed by atoms with Crippen molar-refractivity contribution in [2.45, 2.75) is 52.9 Å². The first-order valence-electron chi connectivity index (χ1n) is 7.75. The quantitative estimate of drug-likeness (QED) is 0.853. The molecule has 0 aliphatic heterocycles. The lowest BCUT2D eigenvalue weighted by atomic mass is 9.64. The number of benzene rings is 1. The Labute approximate surface area is 123 Å². The van der Waals surface area contributed by atoms with Crippen LogP contribution >= 0.6 is 0 Å². The van der Waals surface area contributed by atoms with Crippen LogP contribution in [0.5, 0.6) is 0 Å². The van der Waals surface area contributed by atoms with Crippen LogP contribution in [0.25, 0.3) is 0 Å². The van der Waals surface area contributed by atoms with Gasteiger partial charge in [0.25, 0.3) is 0 Å². The molecule has 1 aromatic rings. The molecule has 1 N–H and O–H groups in total. The highest BCUT2D eigenvalue weighted by molar-refractivity contribution is 5.35. The highest BCUT2D eigenvalue weighted by Crippen LogP contribution is 2.47. The maximum atomic E-state index is 14.5. The van der Waals surface area contributed by atoms with Crippen LogP contribution in [0, 0.1) is 31.0 Å². The Balaban J connectivity index is 2.40. The zero-order valence-electron chi connectivity index (χ0n) is 13.5. The van der Waals surface area contributed by atoms with E-state index < -0.39 is 0 Å². The van der Waals surface area contributed by atoms with Crippen molar-refractivity contribution in [2.24, 2.45) is 11.3 Å². The van der Waals surface area contributed by atoms with Crippen LogP contribution in [-0.4, -0.2) is 13.6 Å². The molecular weight excluding hydrogens is 249 g/mol. The van der Waals surface area contributed by atoms with Crippen molar-refractivity contribution < 1.29 is 4.39 Å². The molecule has 0 aromatic heterocycles. The zero-order valence-corrected chi connectivity index (χ0v) is 13.5. The lowest BCUT2D eigenvalue weighted by Crippen LogP contribution is -2.34. The van der Waals surface area contributed by atoms with Gasteiger partial charge in [-0.3, -0.25) is 0 Å². The Morgan fingerprint density at radius 3 is 2.60 bits per heavy atom. The van der Waals surface area contributed by atoms with E-state index in [4.69, 9.17) is 0 Å². The summed E-state index contributed by atoms with van der Waals surface area (Å²) in [5.41, 5.74) is 3.41. The Morgan fingerprint density at radius 1 is 1.30 bits per heavy atom. The summed E-state index contributed by atoms with van der Waals surface area (Å²) in [6.45, 7) is 9.64. The molecule has 0 spiro atoms. The van der Waals surface area contributed by atoms with Crippen LogP contribution in [0.15, 0.2) is 12.1 Å². The Kier molecular flexibility index (Phi) is 4.53. The number of halogens is 1. The van der Waals surface area contributed by atoms with Crippen LogP contribution in [0.2, 0.25) is 0 Å². The van der Waals surface area contributed by atoms with E-state index in [-0.39, 0.29) is 5.82 Å². The predicted molar refractivity (Wildman–Crippen MR) is 83.7 cm³/mol. The van der Waals surface area contributed by atoms with Crippen molar-refractivity contribution in [1.82, 2.24) is 5.32 Å². The number of hydrogen-bond acceptors (Lipinski definition) is 1. The highest BCUT2D eigenvalue weighted by Gasteiger charge is 2.37. The minimum Gasteiger partial charge on any atom is -0.319 e. The topological polar surface area (TPSA) is 12.0 Å². The van der Waals surface area contributed by atoms with Crippen molar-refractivity contribution in [3.05, 3.63) is 34.6 Å². The molecule has 1 saturated carbocycles. The van der Waals surface area contributed by atoms with Gasteiger partial charge in [0.2, 0.25) is 0 Å².